The van der Waals surface area contributed by atoms with Gasteiger partial charge in [-0.15, -0.1) is 0 Å². The van der Waals surface area contributed by atoms with Crippen molar-refractivity contribution in [2.24, 2.45) is 5.92 Å². The molecule has 21 heavy (non-hydrogen) atoms. The normalized spacial score (nSPS) is 18.1. The van der Waals surface area contributed by atoms with Crippen LogP contribution >= 0.6 is 0 Å². The fraction of sp³-hybridized carbons (Fsp3) is 0.625. The molecule has 0 unspecified atom stereocenters. The first-order valence-corrected chi connectivity index (χ1v) is 7.66. The molecule has 1 aromatic heterocycles. The molecule has 5 heteroatoms. The number of ether oxygens (including phenoxy) is 1. The van der Waals surface area contributed by atoms with Crippen LogP contribution in [0.3, 0.4) is 0 Å². The Labute approximate surface area is 126 Å². The molecular weight excluding hydrogens is 266 g/mol. The van der Waals surface area contributed by atoms with Gasteiger partial charge >= 0.3 is 0 Å². The van der Waals surface area contributed by atoms with Gasteiger partial charge in [0.05, 0.1) is 6.54 Å². The maximum Gasteiger partial charge on any atom is 0.234 e. The zero-order chi connectivity index (χ0) is 14.9. The van der Waals surface area contributed by atoms with Crippen molar-refractivity contribution in [2.45, 2.75) is 25.8 Å². The van der Waals surface area contributed by atoms with Gasteiger partial charge in [-0.3, -0.25) is 14.7 Å². The number of pyridine rings is 1. The lowest BCUT2D eigenvalue weighted by molar-refractivity contribution is -0.122. The molecule has 0 aromatic carbocycles. The second kappa shape index (κ2) is 8.74. The zero-order valence-corrected chi connectivity index (χ0v) is 12.8. The lowest BCUT2D eigenvalue weighted by Gasteiger charge is -2.16. The Morgan fingerprint density at radius 3 is 3.00 bits per heavy atom. The number of carbonyl (C=O) groups excluding carboxylic acids is 1. The lowest BCUT2D eigenvalue weighted by atomic mass is 10.0. The summed E-state index contributed by atoms with van der Waals surface area (Å²) in [5.41, 5.74) is 1.17. The molecule has 2 heterocycles. The van der Waals surface area contributed by atoms with Crippen molar-refractivity contribution >= 4 is 5.91 Å². The SMILES string of the molecule is CN(CC(=O)NCCC[C@@H]1CCOC1)Cc1ccncc1. The van der Waals surface area contributed by atoms with Crippen LogP contribution in [0.2, 0.25) is 0 Å². The summed E-state index contributed by atoms with van der Waals surface area (Å²) in [4.78, 5) is 17.8. The number of hydrogen-bond donors (Lipinski definition) is 1. The smallest absolute Gasteiger partial charge is 0.234 e. The molecule has 1 aromatic rings. The Balaban J connectivity index is 1.56. The maximum atomic E-state index is 11.8. The molecule has 0 bridgehead atoms. The van der Waals surface area contributed by atoms with Gasteiger partial charge in [-0.1, -0.05) is 0 Å². The topological polar surface area (TPSA) is 54.5 Å². The molecule has 1 aliphatic rings. The number of nitrogens with one attached hydrogen (secondary N) is 1. The molecule has 0 radical (unpaired) electrons. The van der Waals surface area contributed by atoms with Crippen molar-refractivity contribution in [1.29, 1.82) is 0 Å². The van der Waals surface area contributed by atoms with Crippen molar-refractivity contribution in [1.82, 2.24) is 15.2 Å². The van der Waals surface area contributed by atoms with Gasteiger partial charge in [0.1, 0.15) is 0 Å². The van der Waals surface area contributed by atoms with E-state index in [0.29, 0.717) is 12.5 Å². The average Bonchev–Trinajstić information content (AvgIpc) is 2.98. The fourth-order valence-electron chi connectivity index (χ4n) is 2.59. The molecule has 1 aliphatic heterocycles. The molecule has 0 saturated carbocycles. The highest BCUT2D eigenvalue weighted by atomic mass is 16.5. The molecule has 1 atom stereocenters. The van der Waals surface area contributed by atoms with Gasteiger partial charge in [-0.2, -0.15) is 0 Å². The number of rotatable bonds is 8. The lowest BCUT2D eigenvalue weighted by Crippen LogP contribution is -2.35. The molecule has 1 N–H and O–H groups in total. The average molecular weight is 291 g/mol. The quantitative estimate of drug-likeness (QED) is 0.737. The number of aromatic nitrogens is 1. The van der Waals surface area contributed by atoms with Crippen LogP contribution in [0.15, 0.2) is 24.5 Å². The molecule has 5 nitrogen and oxygen atoms in total. The van der Waals surface area contributed by atoms with E-state index in [9.17, 15) is 4.79 Å². The molecule has 116 valence electrons. The van der Waals surface area contributed by atoms with Gasteiger partial charge in [0.2, 0.25) is 5.91 Å². The molecule has 0 aliphatic carbocycles. The van der Waals surface area contributed by atoms with E-state index < -0.39 is 0 Å². The molecule has 1 saturated heterocycles. The van der Waals surface area contributed by atoms with Gasteiger partial charge < -0.3 is 10.1 Å². The van der Waals surface area contributed by atoms with Crippen LogP contribution < -0.4 is 5.32 Å². The molecule has 2 rings (SSSR count). The van der Waals surface area contributed by atoms with E-state index in [-0.39, 0.29) is 5.91 Å². The third kappa shape index (κ3) is 6.23. The third-order valence-corrected chi connectivity index (χ3v) is 3.75. The number of likely N-dealkylation sites (N-methyl/N-ethyl adjacent to an activating group) is 1. The highest BCUT2D eigenvalue weighted by Crippen LogP contribution is 2.17. The van der Waals surface area contributed by atoms with E-state index >= 15 is 0 Å². The van der Waals surface area contributed by atoms with E-state index in [4.69, 9.17) is 4.74 Å². The van der Waals surface area contributed by atoms with E-state index in [1.165, 1.54) is 12.0 Å². The van der Waals surface area contributed by atoms with Gasteiger partial charge in [0, 0.05) is 38.7 Å². The monoisotopic (exact) mass is 291 g/mol. The minimum atomic E-state index is 0.0919. The summed E-state index contributed by atoms with van der Waals surface area (Å²) in [6.45, 7) is 3.74. The predicted molar refractivity (Wildman–Crippen MR) is 81.7 cm³/mol. The highest BCUT2D eigenvalue weighted by molar-refractivity contribution is 5.77. The van der Waals surface area contributed by atoms with Gasteiger partial charge in [0.25, 0.3) is 0 Å². The summed E-state index contributed by atoms with van der Waals surface area (Å²) in [7, 11) is 1.95. The Morgan fingerprint density at radius 2 is 2.29 bits per heavy atom. The minimum Gasteiger partial charge on any atom is -0.381 e. The van der Waals surface area contributed by atoms with Gasteiger partial charge in [-0.05, 0) is 49.9 Å². The van der Waals surface area contributed by atoms with Crippen molar-refractivity contribution in [3.63, 3.8) is 0 Å². The van der Waals surface area contributed by atoms with Gasteiger partial charge in [0.15, 0.2) is 0 Å². The standard InChI is InChI=1S/C16H25N3O2/c1-19(11-14-4-8-17-9-5-14)12-16(20)18-7-2-3-15-6-10-21-13-15/h4-5,8-9,15H,2-3,6-7,10-13H2,1H3,(H,18,20)/t15-/m1/s1. The summed E-state index contributed by atoms with van der Waals surface area (Å²) in [5.74, 6) is 0.783. The summed E-state index contributed by atoms with van der Waals surface area (Å²) < 4.78 is 5.35. The first kappa shape index (κ1) is 15.9. The number of carbonyl (C=O) groups is 1. The Bertz CT molecular complexity index is 419. The Morgan fingerprint density at radius 1 is 1.48 bits per heavy atom. The van der Waals surface area contributed by atoms with Crippen LogP contribution in [0.4, 0.5) is 0 Å². The van der Waals surface area contributed by atoms with Crippen molar-refractivity contribution in [3.05, 3.63) is 30.1 Å². The molecule has 1 amide bonds. The summed E-state index contributed by atoms with van der Waals surface area (Å²) >= 11 is 0. The number of hydrogen-bond acceptors (Lipinski definition) is 4. The molecular formula is C16H25N3O2. The Kier molecular flexibility index (Phi) is 6.63. The van der Waals surface area contributed by atoms with Crippen molar-refractivity contribution in [2.75, 3.05) is 33.4 Å². The third-order valence-electron chi connectivity index (χ3n) is 3.75. The van der Waals surface area contributed by atoms with E-state index in [2.05, 4.69) is 10.3 Å². The predicted octanol–water partition coefficient (Wildman–Crippen LogP) is 1.45. The highest BCUT2D eigenvalue weighted by Gasteiger charge is 2.14. The number of nitrogens with zero attached hydrogens (tertiary/aromatic N) is 2. The van der Waals surface area contributed by atoms with Gasteiger partial charge in [-0.25, -0.2) is 0 Å². The molecule has 1 fully saturated rings. The van der Waals surface area contributed by atoms with Crippen LogP contribution in [-0.4, -0.2) is 49.1 Å². The van der Waals surface area contributed by atoms with Crippen LogP contribution in [0.5, 0.6) is 0 Å². The van der Waals surface area contributed by atoms with Crippen LogP contribution in [0.1, 0.15) is 24.8 Å². The van der Waals surface area contributed by atoms with Crippen LogP contribution in [-0.2, 0) is 16.1 Å². The largest absolute Gasteiger partial charge is 0.381 e. The Hall–Kier alpha value is -1.46. The molecule has 0 spiro atoms. The van der Waals surface area contributed by atoms with Crippen molar-refractivity contribution in [3.8, 4) is 0 Å². The zero-order valence-electron chi connectivity index (χ0n) is 12.8. The second-order valence-corrected chi connectivity index (χ2v) is 5.75. The van der Waals surface area contributed by atoms with Crippen LogP contribution in [0, 0.1) is 5.92 Å². The minimum absolute atomic E-state index is 0.0919. The van der Waals surface area contributed by atoms with Crippen molar-refractivity contribution < 1.29 is 9.53 Å². The van der Waals surface area contributed by atoms with E-state index in [0.717, 1.165) is 39.1 Å². The summed E-state index contributed by atoms with van der Waals surface area (Å²) in [5, 5.41) is 2.99. The summed E-state index contributed by atoms with van der Waals surface area (Å²) in [6.07, 6.45) is 6.90. The second-order valence-electron chi connectivity index (χ2n) is 5.75. The first-order chi connectivity index (χ1) is 10.2. The van der Waals surface area contributed by atoms with E-state index in [1.54, 1.807) is 12.4 Å². The fourth-order valence-corrected chi connectivity index (χ4v) is 2.59. The number of amides is 1. The van der Waals surface area contributed by atoms with E-state index in [1.807, 2.05) is 24.1 Å². The maximum absolute atomic E-state index is 11.8. The van der Waals surface area contributed by atoms with Crippen LogP contribution in [0.25, 0.3) is 0 Å². The summed E-state index contributed by atoms with van der Waals surface area (Å²) in [6, 6.07) is 3.94. The first-order valence-electron chi connectivity index (χ1n) is 7.66.